The summed E-state index contributed by atoms with van der Waals surface area (Å²) in [5.41, 5.74) is 0. The molecule has 0 amide bonds. The molecule has 0 aliphatic rings. The summed E-state index contributed by atoms with van der Waals surface area (Å²) in [6, 6.07) is 0. The summed E-state index contributed by atoms with van der Waals surface area (Å²) in [6.07, 6.45) is 17.1. The standard InChI is InChI=1S/C7H22S2/c1-8(2,3)9(4,5,6)7/h9H,1-7H3. The van der Waals surface area contributed by atoms with Crippen LogP contribution in [0.2, 0.25) is 0 Å². The summed E-state index contributed by atoms with van der Waals surface area (Å²) in [4.78, 5) is 0. The minimum absolute atomic E-state index is 0.309. The van der Waals surface area contributed by atoms with E-state index in [1.54, 1.807) is 0 Å². The summed E-state index contributed by atoms with van der Waals surface area (Å²) in [5.74, 6) is 0. The predicted octanol–water partition coefficient (Wildman–Crippen LogP) is 2.19. The van der Waals surface area contributed by atoms with Crippen LogP contribution in [0.1, 0.15) is 0 Å². The molecule has 0 aromatic heterocycles. The van der Waals surface area contributed by atoms with Crippen LogP contribution in [0.3, 0.4) is 0 Å². The van der Waals surface area contributed by atoms with Crippen molar-refractivity contribution in [2.75, 3.05) is 43.8 Å². The van der Waals surface area contributed by atoms with Crippen molar-refractivity contribution in [3.8, 4) is 0 Å². The van der Waals surface area contributed by atoms with Crippen molar-refractivity contribution >= 4 is 17.3 Å². The van der Waals surface area contributed by atoms with Gasteiger partial charge in [-0.25, -0.2) is 9.06 Å². The fourth-order valence-corrected chi connectivity index (χ4v) is 0. The van der Waals surface area contributed by atoms with E-state index >= 15 is 0 Å². The van der Waals surface area contributed by atoms with Crippen molar-refractivity contribution in [1.29, 1.82) is 0 Å². The second-order valence-corrected chi connectivity index (χ2v) is 23.2. The van der Waals surface area contributed by atoms with E-state index in [1.807, 2.05) is 0 Å². The van der Waals surface area contributed by atoms with E-state index in [0.29, 0.717) is 0 Å². The van der Waals surface area contributed by atoms with Gasteiger partial charge < -0.3 is 0 Å². The first-order valence-corrected chi connectivity index (χ1v) is 10.7. The van der Waals surface area contributed by atoms with Crippen LogP contribution >= 0.6 is 17.3 Å². The van der Waals surface area contributed by atoms with Gasteiger partial charge in [0.25, 0.3) is 0 Å². The van der Waals surface area contributed by atoms with Gasteiger partial charge in [-0.05, 0) is 43.8 Å². The number of rotatable bonds is 1. The van der Waals surface area contributed by atoms with Crippen LogP contribution in [0.15, 0.2) is 0 Å². The van der Waals surface area contributed by atoms with Crippen LogP contribution in [0.4, 0.5) is 0 Å². The lowest BCUT2D eigenvalue weighted by Gasteiger charge is -2.62. The fourth-order valence-electron chi connectivity index (χ4n) is 0. The first-order valence-electron chi connectivity index (χ1n) is 3.20. The zero-order valence-corrected chi connectivity index (χ0v) is 9.57. The molecule has 0 fully saturated rings. The van der Waals surface area contributed by atoms with Crippen LogP contribution in [-0.2, 0) is 0 Å². The summed E-state index contributed by atoms with van der Waals surface area (Å²) in [5, 5.41) is 0. The number of hydrogen-bond donors (Lipinski definition) is 1. The molecule has 0 spiro atoms. The molecule has 0 nitrogen and oxygen atoms in total. The van der Waals surface area contributed by atoms with Gasteiger partial charge in [0.15, 0.2) is 0 Å². The maximum Gasteiger partial charge on any atom is -0.0290 e. The Hall–Kier alpha value is 0.700. The molecule has 0 aliphatic heterocycles. The average molecular weight is 170 g/mol. The molecule has 0 bridgehead atoms. The molecule has 62 valence electrons. The van der Waals surface area contributed by atoms with Gasteiger partial charge >= 0.3 is 0 Å². The zero-order chi connectivity index (χ0) is 7.95. The van der Waals surface area contributed by atoms with Crippen molar-refractivity contribution in [2.45, 2.75) is 0 Å². The predicted molar refractivity (Wildman–Crippen MR) is 58.0 cm³/mol. The Bertz CT molecular complexity index is 102. The molecule has 0 heterocycles. The minimum atomic E-state index is -1.23. The molecular weight excluding hydrogens is 148 g/mol. The van der Waals surface area contributed by atoms with Crippen LogP contribution in [-0.4, -0.2) is 43.8 Å². The molecule has 0 radical (unpaired) electrons. The average Bonchev–Trinajstić information content (AvgIpc) is 1.20. The lowest BCUT2D eigenvalue weighted by atomic mass is 11.8. The van der Waals surface area contributed by atoms with Gasteiger partial charge in [-0.1, -0.05) is 0 Å². The zero-order valence-electron chi connectivity index (χ0n) is 7.86. The molecule has 2 heteroatoms. The molecule has 0 unspecified atom stereocenters. The highest BCUT2D eigenvalue weighted by atomic mass is 33.2. The van der Waals surface area contributed by atoms with Crippen molar-refractivity contribution in [1.82, 2.24) is 0 Å². The van der Waals surface area contributed by atoms with E-state index in [1.165, 1.54) is 0 Å². The van der Waals surface area contributed by atoms with E-state index in [-0.39, 0.29) is 9.06 Å². The SMILES string of the molecule is CS(C)(C)[SH](C)(C)(C)C. The van der Waals surface area contributed by atoms with Crippen LogP contribution in [0.5, 0.6) is 0 Å². The monoisotopic (exact) mass is 170 g/mol. The summed E-state index contributed by atoms with van der Waals surface area (Å²) >= 11 is 0. The molecule has 9 heavy (non-hydrogen) atoms. The van der Waals surface area contributed by atoms with Crippen LogP contribution in [0.25, 0.3) is 0 Å². The Balaban J connectivity index is 4.56. The summed E-state index contributed by atoms with van der Waals surface area (Å²) < 4.78 is 0. The highest BCUT2D eigenvalue weighted by Crippen LogP contribution is 2.82. The Kier molecular flexibility index (Phi) is 1.99. The minimum Gasteiger partial charge on any atom is -0.271 e. The van der Waals surface area contributed by atoms with E-state index in [9.17, 15) is 0 Å². The molecule has 0 saturated heterocycles. The third-order valence-electron chi connectivity index (χ3n) is 2.19. The van der Waals surface area contributed by atoms with Gasteiger partial charge in [-0.15, -0.1) is 0 Å². The maximum absolute atomic E-state index is 2.46. The second kappa shape index (κ2) is 1.85. The quantitative estimate of drug-likeness (QED) is 0.453. The van der Waals surface area contributed by atoms with Crippen molar-refractivity contribution in [2.24, 2.45) is 0 Å². The molecule has 0 aromatic carbocycles. The molecule has 0 aromatic rings. The summed E-state index contributed by atoms with van der Waals surface area (Å²) in [7, 11) is -1.54. The molecule has 0 rings (SSSR count). The highest BCUT2D eigenvalue weighted by Gasteiger charge is 2.28. The first kappa shape index (κ1) is 9.70. The van der Waals surface area contributed by atoms with E-state index in [0.717, 1.165) is 0 Å². The topological polar surface area (TPSA) is 0 Å². The van der Waals surface area contributed by atoms with Crippen molar-refractivity contribution in [3.05, 3.63) is 0 Å². The van der Waals surface area contributed by atoms with Crippen LogP contribution in [0, 0.1) is 0 Å². The van der Waals surface area contributed by atoms with Gasteiger partial charge in [0.1, 0.15) is 0 Å². The molecule has 0 N–H and O–H groups in total. The largest absolute Gasteiger partial charge is 0.271 e. The van der Waals surface area contributed by atoms with Crippen LogP contribution < -0.4 is 0 Å². The molecule has 0 atom stereocenters. The Morgan fingerprint density at radius 3 is 0.889 bits per heavy atom. The Labute approximate surface area is 61.4 Å². The van der Waals surface area contributed by atoms with Gasteiger partial charge in [0.2, 0.25) is 0 Å². The molecular formula is C7H22S2. The highest BCUT2D eigenvalue weighted by molar-refractivity contribution is 9.14. The van der Waals surface area contributed by atoms with Gasteiger partial charge in [0.05, 0.1) is 0 Å². The third kappa shape index (κ3) is 2.42. The van der Waals surface area contributed by atoms with Crippen molar-refractivity contribution < 1.29 is 0 Å². The van der Waals surface area contributed by atoms with E-state index < -0.39 is 8.19 Å². The van der Waals surface area contributed by atoms with Crippen molar-refractivity contribution in [3.63, 3.8) is 0 Å². The number of thiol groups is 1. The lowest BCUT2D eigenvalue weighted by Crippen LogP contribution is -2.17. The van der Waals surface area contributed by atoms with E-state index in [4.69, 9.17) is 0 Å². The Morgan fingerprint density at radius 2 is 0.889 bits per heavy atom. The smallest absolute Gasteiger partial charge is 0.0290 e. The van der Waals surface area contributed by atoms with Gasteiger partial charge in [-0.3, -0.25) is 8.19 Å². The molecule has 0 saturated carbocycles. The molecule has 0 aliphatic carbocycles. The maximum atomic E-state index is 2.46. The van der Waals surface area contributed by atoms with E-state index in [2.05, 4.69) is 43.8 Å². The summed E-state index contributed by atoms with van der Waals surface area (Å²) in [6.45, 7) is 0. The first-order chi connectivity index (χ1) is 3.51. The number of hydrogen-bond acceptors (Lipinski definition) is 0. The normalized spacial score (nSPS) is 20.6. The lowest BCUT2D eigenvalue weighted by molar-refractivity contribution is 1.97. The third-order valence-corrected chi connectivity index (χ3v) is 19.7. The second-order valence-electron chi connectivity index (χ2n) is 5.19. The Morgan fingerprint density at radius 1 is 0.778 bits per heavy atom. The van der Waals surface area contributed by atoms with Gasteiger partial charge in [0, 0.05) is 0 Å². The van der Waals surface area contributed by atoms with Gasteiger partial charge in [-0.2, -0.15) is 0 Å². The fraction of sp³-hybridized carbons (Fsp3) is 1.00.